The van der Waals surface area contributed by atoms with Gasteiger partial charge in [0.1, 0.15) is 11.4 Å². The number of amides is 1. The molecule has 1 aromatic heterocycles. The maximum Gasteiger partial charge on any atom is 0.224 e. The lowest BCUT2D eigenvalue weighted by Gasteiger charge is -2.01. The van der Waals surface area contributed by atoms with Gasteiger partial charge < -0.3 is 15.5 Å². The first-order valence-electron chi connectivity index (χ1n) is 5.33. The van der Waals surface area contributed by atoms with E-state index in [1.54, 1.807) is 6.07 Å². The van der Waals surface area contributed by atoms with Crippen molar-refractivity contribution in [3.8, 4) is 0 Å². The number of halogens is 1. The van der Waals surface area contributed by atoms with Crippen LogP contribution in [0, 0.1) is 5.82 Å². The minimum atomic E-state index is -0.345. The molecule has 90 valence electrons. The number of fused-ring (bicyclic) bond motifs is 1. The summed E-state index contributed by atoms with van der Waals surface area (Å²) in [5.41, 5.74) is 6.53. The molecule has 2 rings (SSSR count). The number of carbonyl (C=O) groups excluding carboxylic acids is 1. The number of rotatable bonds is 4. The number of nitrogens with one attached hydrogen (secondary N) is 1. The molecule has 0 saturated heterocycles. The molecule has 1 aromatic carbocycles. The molecule has 0 aliphatic carbocycles. The summed E-state index contributed by atoms with van der Waals surface area (Å²) in [7, 11) is 0. The van der Waals surface area contributed by atoms with Crippen LogP contribution in [-0.4, -0.2) is 19.0 Å². The average molecular weight is 236 g/mol. The first kappa shape index (κ1) is 11.6. The highest BCUT2D eigenvalue weighted by atomic mass is 19.1. The van der Waals surface area contributed by atoms with Crippen molar-refractivity contribution in [2.24, 2.45) is 5.73 Å². The Balaban J connectivity index is 2.18. The number of hydrogen-bond acceptors (Lipinski definition) is 3. The molecule has 3 N–H and O–H groups in total. The molecule has 0 spiro atoms. The van der Waals surface area contributed by atoms with Gasteiger partial charge in [-0.05, 0) is 18.2 Å². The number of carbonyl (C=O) groups is 1. The molecule has 0 unspecified atom stereocenters. The van der Waals surface area contributed by atoms with E-state index in [4.69, 9.17) is 10.2 Å². The second-order valence-electron chi connectivity index (χ2n) is 3.72. The van der Waals surface area contributed by atoms with Gasteiger partial charge in [0.2, 0.25) is 5.91 Å². The first-order chi connectivity index (χ1) is 8.20. The number of hydrogen-bond donors (Lipinski definition) is 2. The highest BCUT2D eigenvalue weighted by Gasteiger charge is 2.10. The standard InChI is InChI=1S/C12H13FN2O2/c13-9-1-2-11-10(6-9)8(7-17-11)5-12(16)15-4-3-14/h1-2,6-7H,3-5,14H2,(H,15,16). The zero-order valence-corrected chi connectivity index (χ0v) is 9.20. The van der Waals surface area contributed by atoms with Gasteiger partial charge >= 0.3 is 0 Å². The van der Waals surface area contributed by atoms with Crippen LogP contribution in [0.15, 0.2) is 28.9 Å². The van der Waals surface area contributed by atoms with E-state index in [0.717, 1.165) is 0 Å². The minimum Gasteiger partial charge on any atom is -0.464 e. The molecule has 0 aliphatic rings. The fraction of sp³-hybridized carbons (Fsp3) is 0.250. The summed E-state index contributed by atoms with van der Waals surface area (Å²) in [6, 6.07) is 4.24. The Labute approximate surface area is 97.6 Å². The first-order valence-corrected chi connectivity index (χ1v) is 5.33. The molecule has 0 aliphatic heterocycles. The highest BCUT2D eigenvalue weighted by molar-refractivity contribution is 5.87. The Kier molecular flexibility index (Phi) is 3.39. The van der Waals surface area contributed by atoms with Crippen molar-refractivity contribution in [3.05, 3.63) is 35.8 Å². The SMILES string of the molecule is NCCNC(=O)Cc1coc2ccc(F)cc12. The van der Waals surface area contributed by atoms with E-state index in [9.17, 15) is 9.18 Å². The van der Waals surface area contributed by atoms with Gasteiger partial charge in [-0.15, -0.1) is 0 Å². The van der Waals surface area contributed by atoms with Crippen LogP contribution in [0.5, 0.6) is 0 Å². The van der Waals surface area contributed by atoms with Crippen LogP contribution in [0.3, 0.4) is 0 Å². The third-order valence-electron chi connectivity index (χ3n) is 2.43. The van der Waals surface area contributed by atoms with Crippen LogP contribution in [0.1, 0.15) is 5.56 Å². The van der Waals surface area contributed by atoms with Gasteiger partial charge in [0.15, 0.2) is 0 Å². The maximum atomic E-state index is 13.1. The summed E-state index contributed by atoms with van der Waals surface area (Å²) in [5.74, 6) is -0.495. The number of furan rings is 1. The molecule has 17 heavy (non-hydrogen) atoms. The van der Waals surface area contributed by atoms with Gasteiger partial charge in [-0.25, -0.2) is 4.39 Å². The Bertz CT molecular complexity index is 536. The van der Waals surface area contributed by atoms with Gasteiger partial charge in [-0.1, -0.05) is 0 Å². The lowest BCUT2D eigenvalue weighted by molar-refractivity contribution is -0.120. The van der Waals surface area contributed by atoms with Crippen LogP contribution in [0.2, 0.25) is 0 Å². The predicted octanol–water partition coefficient (Wildman–Crippen LogP) is 1.19. The van der Waals surface area contributed by atoms with Crippen LogP contribution in [-0.2, 0) is 11.2 Å². The number of benzene rings is 1. The van der Waals surface area contributed by atoms with Crippen LogP contribution in [0.4, 0.5) is 4.39 Å². The summed E-state index contributed by atoms with van der Waals surface area (Å²) in [5, 5.41) is 3.28. The summed E-state index contributed by atoms with van der Waals surface area (Å²) in [6.07, 6.45) is 1.64. The highest BCUT2D eigenvalue weighted by Crippen LogP contribution is 2.22. The molecule has 2 aromatic rings. The third-order valence-corrected chi connectivity index (χ3v) is 2.43. The Morgan fingerprint density at radius 3 is 3.06 bits per heavy atom. The second-order valence-corrected chi connectivity index (χ2v) is 3.72. The van der Waals surface area contributed by atoms with Crippen molar-refractivity contribution in [2.45, 2.75) is 6.42 Å². The molecule has 1 heterocycles. The molecule has 0 bridgehead atoms. The molecule has 0 fully saturated rings. The average Bonchev–Trinajstić information content (AvgIpc) is 2.69. The lowest BCUT2D eigenvalue weighted by Crippen LogP contribution is -2.30. The zero-order chi connectivity index (χ0) is 12.3. The summed E-state index contributed by atoms with van der Waals surface area (Å²) < 4.78 is 18.3. The van der Waals surface area contributed by atoms with Crippen LogP contribution < -0.4 is 11.1 Å². The van der Waals surface area contributed by atoms with Crippen molar-refractivity contribution in [1.29, 1.82) is 0 Å². The Morgan fingerprint density at radius 1 is 1.47 bits per heavy atom. The topological polar surface area (TPSA) is 68.3 Å². The Morgan fingerprint density at radius 2 is 2.29 bits per heavy atom. The van der Waals surface area contributed by atoms with Crippen molar-refractivity contribution < 1.29 is 13.6 Å². The van der Waals surface area contributed by atoms with E-state index in [2.05, 4.69) is 5.32 Å². The van der Waals surface area contributed by atoms with Crippen LogP contribution >= 0.6 is 0 Å². The van der Waals surface area contributed by atoms with Crippen molar-refractivity contribution in [1.82, 2.24) is 5.32 Å². The smallest absolute Gasteiger partial charge is 0.224 e. The monoisotopic (exact) mass is 236 g/mol. The summed E-state index contributed by atoms with van der Waals surface area (Å²) in [6.45, 7) is 0.829. The molecular formula is C12H13FN2O2. The fourth-order valence-corrected chi connectivity index (χ4v) is 1.64. The third kappa shape index (κ3) is 2.62. The van der Waals surface area contributed by atoms with Crippen LogP contribution in [0.25, 0.3) is 11.0 Å². The molecule has 1 amide bonds. The molecule has 4 nitrogen and oxygen atoms in total. The van der Waals surface area contributed by atoms with E-state index >= 15 is 0 Å². The second kappa shape index (κ2) is 4.97. The van der Waals surface area contributed by atoms with E-state index < -0.39 is 0 Å². The largest absolute Gasteiger partial charge is 0.464 e. The molecular weight excluding hydrogens is 223 g/mol. The molecule has 0 radical (unpaired) electrons. The molecule has 0 saturated carbocycles. The van der Waals surface area contributed by atoms with Gasteiger partial charge in [0, 0.05) is 24.0 Å². The minimum absolute atomic E-state index is 0.151. The van der Waals surface area contributed by atoms with Gasteiger partial charge in [-0.2, -0.15) is 0 Å². The predicted molar refractivity (Wildman–Crippen MR) is 61.9 cm³/mol. The summed E-state index contributed by atoms with van der Waals surface area (Å²) in [4.78, 5) is 11.5. The zero-order valence-electron chi connectivity index (χ0n) is 9.20. The van der Waals surface area contributed by atoms with Crippen molar-refractivity contribution >= 4 is 16.9 Å². The molecule has 0 atom stereocenters. The normalized spacial score (nSPS) is 10.7. The Hall–Kier alpha value is -1.88. The maximum absolute atomic E-state index is 13.1. The quantitative estimate of drug-likeness (QED) is 0.837. The number of nitrogens with two attached hydrogens (primary N) is 1. The van der Waals surface area contributed by atoms with Crippen molar-refractivity contribution in [2.75, 3.05) is 13.1 Å². The molecule has 5 heteroatoms. The van der Waals surface area contributed by atoms with Gasteiger partial charge in [0.25, 0.3) is 0 Å². The fourth-order valence-electron chi connectivity index (χ4n) is 1.64. The van der Waals surface area contributed by atoms with Crippen molar-refractivity contribution in [3.63, 3.8) is 0 Å². The lowest BCUT2D eigenvalue weighted by atomic mass is 10.1. The van der Waals surface area contributed by atoms with E-state index in [0.29, 0.717) is 29.6 Å². The van der Waals surface area contributed by atoms with Gasteiger partial charge in [-0.3, -0.25) is 4.79 Å². The van der Waals surface area contributed by atoms with E-state index in [-0.39, 0.29) is 18.1 Å². The van der Waals surface area contributed by atoms with E-state index in [1.807, 2.05) is 0 Å². The summed E-state index contributed by atoms with van der Waals surface area (Å²) >= 11 is 0. The van der Waals surface area contributed by atoms with Gasteiger partial charge in [0.05, 0.1) is 12.7 Å². The van der Waals surface area contributed by atoms with E-state index in [1.165, 1.54) is 18.4 Å².